The average molecular weight is 248 g/mol. The van der Waals surface area contributed by atoms with Crippen LogP contribution >= 0.6 is 11.6 Å². The lowest BCUT2D eigenvalue weighted by Gasteiger charge is -2.01. The second kappa shape index (κ2) is 4.49. The van der Waals surface area contributed by atoms with Crippen molar-refractivity contribution < 1.29 is 0 Å². The first kappa shape index (κ1) is 10.8. The maximum absolute atomic E-state index is 5.96. The standard InChI is InChI=1S/C13H14ClN3/c14-11-7-3-6-10(8-11)13-15-12(16-17-13)9-4-1-2-5-9/h3,6-9H,1-2,4-5H2,(H,15,16,17). The van der Waals surface area contributed by atoms with Crippen LogP contribution in [0.5, 0.6) is 0 Å². The van der Waals surface area contributed by atoms with E-state index in [-0.39, 0.29) is 0 Å². The smallest absolute Gasteiger partial charge is 0.181 e. The Balaban J connectivity index is 1.89. The molecule has 88 valence electrons. The first-order valence-corrected chi connectivity index (χ1v) is 6.39. The minimum Gasteiger partial charge on any atom is -0.262 e. The number of H-pyrrole nitrogens is 1. The Morgan fingerprint density at radius 3 is 2.82 bits per heavy atom. The molecule has 1 saturated carbocycles. The molecule has 0 atom stereocenters. The number of halogens is 1. The molecule has 1 fully saturated rings. The fourth-order valence-electron chi connectivity index (χ4n) is 2.41. The fourth-order valence-corrected chi connectivity index (χ4v) is 2.60. The molecule has 2 aromatic rings. The van der Waals surface area contributed by atoms with Crippen LogP contribution in [0.15, 0.2) is 24.3 Å². The van der Waals surface area contributed by atoms with Crippen LogP contribution in [0.3, 0.4) is 0 Å². The van der Waals surface area contributed by atoms with E-state index in [2.05, 4.69) is 15.2 Å². The molecule has 1 N–H and O–H groups in total. The van der Waals surface area contributed by atoms with Gasteiger partial charge >= 0.3 is 0 Å². The van der Waals surface area contributed by atoms with Crippen molar-refractivity contribution in [3.63, 3.8) is 0 Å². The first-order chi connectivity index (χ1) is 8.33. The summed E-state index contributed by atoms with van der Waals surface area (Å²) in [5, 5.41) is 8.06. The summed E-state index contributed by atoms with van der Waals surface area (Å²) in [7, 11) is 0. The van der Waals surface area contributed by atoms with Gasteiger partial charge in [0.05, 0.1) is 0 Å². The summed E-state index contributed by atoms with van der Waals surface area (Å²) >= 11 is 5.96. The SMILES string of the molecule is Clc1cccc(-c2n[nH]c(C3CCCC3)n2)c1. The van der Waals surface area contributed by atoms with E-state index in [4.69, 9.17) is 11.6 Å². The van der Waals surface area contributed by atoms with Crippen molar-refractivity contribution >= 4 is 11.6 Å². The second-order valence-electron chi connectivity index (χ2n) is 4.54. The molecule has 1 aliphatic rings. The molecule has 0 radical (unpaired) electrons. The van der Waals surface area contributed by atoms with Crippen LogP contribution in [-0.4, -0.2) is 15.2 Å². The molecule has 1 aliphatic carbocycles. The van der Waals surface area contributed by atoms with E-state index in [0.29, 0.717) is 5.92 Å². The van der Waals surface area contributed by atoms with Gasteiger partial charge in [-0.05, 0) is 25.0 Å². The number of benzene rings is 1. The second-order valence-corrected chi connectivity index (χ2v) is 4.97. The molecule has 3 rings (SSSR count). The van der Waals surface area contributed by atoms with Gasteiger partial charge in [0.1, 0.15) is 5.82 Å². The predicted octanol–water partition coefficient (Wildman–Crippen LogP) is 3.78. The zero-order valence-corrected chi connectivity index (χ0v) is 10.2. The summed E-state index contributed by atoms with van der Waals surface area (Å²) in [6, 6.07) is 7.65. The highest BCUT2D eigenvalue weighted by atomic mass is 35.5. The third-order valence-corrected chi connectivity index (χ3v) is 3.56. The summed E-state index contributed by atoms with van der Waals surface area (Å²) < 4.78 is 0. The van der Waals surface area contributed by atoms with Gasteiger partial charge in [-0.3, -0.25) is 5.10 Å². The van der Waals surface area contributed by atoms with Crippen LogP contribution in [0.1, 0.15) is 37.4 Å². The number of aromatic amines is 1. The number of hydrogen-bond donors (Lipinski definition) is 1. The van der Waals surface area contributed by atoms with Crippen molar-refractivity contribution in [3.05, 3.63) is 35.1 Å². The van der Waals surface area contributed by atoms with Crippen molar-refractivity contribution in [2.75, 3.05) is 0 Å². The minimum atomic E-state index is 0.565. The summed E-state index contributed by atoms with van der Waals surface area (Å²) in [6.07, 6.45) is 5.06. The number of aromatic nitrogens is 3. The van der Waals surface area contributed by atoms with Crippen LogP contribution in [0.4, 0.5) is 0 Å². The number of rotatable bonds is 2. The maximum Gasteiger partial charge on any atom is 0.181 e. The highest BCUT2D eigenvalue weighted by Gasteiger charge is 2.20. The lowest BCUT2D eigenvalue weighted by atomic mass is 10.1. The van der Waals surface area contributed by atoms with E-state index in [9.17, 15) is 0 Å². The third-order valence-electron chi connectivity index (χ3n) is 3.33. The lowest BCUT2D eigenvalue weighted by Crippen LogP contribution is -1.94. The van der Waals surface area contributed by atoms with Crippen molar-refractivity contribution in [2.24, 2.45) is 0 Å². The molecule has 0 unspecified atom stereocenters. The molecule has 4 heteroatoms. The molecule has 0 bridgehead atoms. The third kappa shape index (κ3) is 2.20. The van der Waals surface area contributed by atoms with Crippen molar-refractivity contribution in [1.82, 2.24) is 15.2 Å². The van der Waals surface area contributed by atoms with Crippen molar-refractivity contribution in [3.8, 4) is 11.4 Å². The van der Waals surface area contributed by atoms with E-state index in [1.165, 1.54) is 25.7 Å². The van der Waals surface area contributed by atoms with Crippen LogP contribution in [0.25, 0.3) is 11.4 Å². The van der Waals surface area contributed by atoms with Gasteiger partial charge in [-0.1, -0.05) is 36.6 Å². The molecular formula is C13H14ClN3. The number of nitrogens with zero attached hydrogens (tertiary/aromatic N) is 2. The molecule has 0 aliphatic heterocycles. The number of hydrogen-bond acceptors (Lipinski definition) is 2. The largest absolute Gasteiger partial charge is 0.262 e. The highest BCUT2D eigenvalue weighted by molar-refractivity contribution is 6.30. The molecule has 1 heterocycles. The molecule has 1 aromatic carbocycles. The topological polar surface area (TPSA) is 41.6 Å². The van der Waals surface area contributed by atoms with Gasteiger partial charge in [-0.25, -0.2) is 4.98 Å². The summed E-state index contributed by atoms with van der Waals surface area (Å²) in [5.41, 5.74) is 0.970. The van der Waals surface area contributed by atoms with Crippen molar-refractivity contribution in [1.29, 1.82) is 0 Å². The predicted molar refractivity (Wildman–Crippen MR) is 68.0 cm³/mol. The Morgan fingerprint density at radius 1 is 1.24 bits per heavy atom. The molecule has 1 aromatic heterocycles. The molecule has 0 amide bonds. The number of nitrogens with one attached hydrogen (secondary N) is 1. The van der Waals surface area contributed by atoms with Crippen LogP contribution in [-0.2, 0) is 0 Å². The van der Waals surface area contributed by atoms with Crippen LogP contribution < -0.4 is 0 Å². The van der Waals surface area contributed by atoms with Gasteiger partial charge in [-0.15, -0.1) is 0 Å². The van der Waals surface area contributed by atoms with Gasteiger partial charge < -0.3 is 0 Å². The van der Waals surface area contributed by atoms with E-state index in [1.807, 2.05) is 24.3 Å². The molecular weight excluding hydrogens is 234 g/mol. The van der Waals surface area contributed by atoms with Gasteiger partial charge in [-0.2, -0.15) is 5.10 Å². The monoisotopic (exact) mass is 247 g/mol. The van der Waals surface area contributed by atoms with Crippen LogP contribution in [0.2, 0.25) is 5.02 Å². The average Bonchev–Trinajstić information content (AvgIpc) is 3.00. The first-order valence-electron chi connectivity index (χ1n) is 6.01. The Labute approximate surface area is 105 Å². The summed E-state index contributed by atoms with van der Waals surface area (Å²) in [6.45, 7) is 0. The van der Waals surface area contributed by atoms with Gasteiger partial charge in [0.25, 0.3) is 0 Å². The van der Waals surface area contributed by atoms with Crippen molar-refractivity contribution in [2.45, 2.75) is 31.6 Å². The van der Waals surface area contributed by atoms with Gasteiger partial charge in [0.2, 0.25) is 0 Å². The molecule has 17 heavy (non-hydrogen) atoms. The van der Waals surface area contributed by atoms with E-state index in [0.717, 1.165) is 22.2 Å². The maximum atomic E-state index is 5.96. The molecule has 0 saturated heterocycles. The van der Waals surface area contributed by atoms with Gasteiger partial charge in [0.15, 0.2) is 5.82 Å². The molecule has 0 spiro atoms. The fraction of sp³-hybridized carbons (Fsp3) is 0.385. The Morgan fingerprint density at radius 2 is 2.06 bits per heavy atom. The normalized spacial score (nSPS) is 16.5. The molecule has 3 nitrogen and oxygen atoms in total. The Hall–Kier alpha value is -1.35. The zero-order valence-electron chi connectivity index (χ0n) is 9.49. The van der Waals surface area contributed by atoms with Gasteiger partial charge in [0, 0.05) is 16.5 Å². The summed E-state index contributed by atoms with van der Waals surface area (Å²) in [4.78, 5) is 4.58. The lowest BCUT2D eigenvalue weighted by molar-refractivity contribution is 0.672. The zero-order chi connectivity index (χ0) is 11.7. The van der Waals surface area contributed by atoms with E-state index in [1.54, 1.807) is 0 Å². The highest BCUT2D eigenvalue weighted by Crippen LogP contribution is 2.32. The minimum absolute atomic E-state index is 0.565. The Kier molecular flexibility index (Phi) is 2.85. The summed E-state index contributed by atoms with van der Waals surface area (Å²) in [5.74, 6) is 2.34. The quantitative estimate of drug-likeness (QED) is 0.877. The van der Waals surface area contributed by atoms with Crippen LogP contribution in [0, 0.1) is 0 Å². The Bertz CT molecular complexity index is 515. The van der Waals surface area contributed by atoms with E-state index < -0.39 is 0 Å². The van der Waals surface area contributed by atoms with E-state index >= 15 is 0 Å².